The van der Waals surface area contributed by atoms with E-state index in [-0.39, 0.29) is 22.1 Å². The van der Waals surface area contributed by atoms with Crippen molar-refractivity contribution in [1.29, 1.82) is 0 Å². The number of fused-ring (bicyclic) bond motifs is 3. The monoisotopic (exact) mass is 400 g/mol. The van der Waals surface area contributed by atoms with E-state index in [0.717, 1.165) is 12.5 Å². The van der Waals surface area contributed by atoms with Gasteiger partial charge in [0.1, 0.15) is 11.3 Å². The van der Waals surface area contributed by atoms with Crippen molar-refractivity contribution < 1.29 is 22.6 Å². The minimum atomic E-state index is -4.04. The maximum absolute atomic E-state index is 12.7. The smallest absolute Gasteiger partial charge is 0.273 e. The number of aryl methyl sites for hydroxylation is 2. The minimum absolute atomic E-state index is 0.0193. The highest BCUT2D eigenvalue weighted by molar-refractivity contribution is 7.92. The van der Waals surface area contributed by atoms with Gasteiger partial charge < -0.3 is 4.42 Å². The molecule has 0 fully saturated rings. The first-order valence-electron chi connectivity index (χ1n) is 8.63. The molecular weight excluding hydrogens is 384 g/mol. The van der Waals surface area contributed by atoms with Gasteiger partial charge in [-0.1, -0.05) is 6.07 Å². The lowest BCUT2D eigenvalue weighted by Crippen LogP contribution is -2.13. The van der Waals surface area contributed by atoms with Crippen molar-refractivity contribution in [2.45, 2.75) is 31.1 Å². The highest BCUT2D eigenvalue weighted by Gasteiger charge is 2.25. The first-order chi connectivity index (χ1) is 13.3. The summed E-state index contributed by atoms with van der Waals surface area (Å²) >= 11 is 0. The lowest BCUT2D eigenvalue weighted by Gasteiger charge is -2.10. The zero-order valence-electron chi connectivity index (χ0n) is 14.9. The van der Waals surface area contributed by atoms with E-state index in [1.54, 1.807) is 12.1 Å². The SMILES string of the molecule is Cc1ccc(S(=O)(=O)Nc2ccc3oc4c(c3c2)C(=O)CCC4)cc1[N+](=O)[O-]. The molecule has 4 rings (SSSR count). The average Bonchev–Trinajstić information content (AvgIpc) is 3.00. The van der Waals surface area contributed by atoms with Gasteiger partial charge in [0.25, 0.3) is 15.7 Å². The molecule has 9 heteroatoms. The molecule has 2 aromatic carbocycles. The molecule has 0 bridgehead atoms. The number of carbonyl (C=O) groups is 1. The molecular formula is C19H16N2O6S. The van der Waals surface area contributed by atoms with E-state index in [0.29, 0.717) is 40.7 Å². The molecule has 1 N–H and O–H groups in total. The number of sulfonamides is 1. The summed E-state index contributed by atoms with van der Waals surface area (Å²) in [5, 5.41) is 11.7. The van der Waals surface area contributed by atoms with Crippen LogP contribution in [0.1, 0.15) is 34.5 Å². The molecule has 0 spiro atoms. The first kappa shape index (κ1) is 18.2. The zero-order chi connectivity index (χ0) is 20.1. The summed E-state index contributed by atoms with van der Waals surface area (Å²) in [7, 11) is -4.04. The summed E-state index contributed by atoms with van der Waals surface area (Å²) in [5.74, 6) is 0.606. The van der Waals surface area contributed by atoms with Gasteiger partial charge in [0, 0.05) is 35.5 Å². The number of nitro benzene ring substituents is 1. The molecule has 8 nitrogen and oxygen atoms in total. The molecule has 0 saturated heterocycles. The molecule has 0 radical (unpaired) electrons. The Morgan fingerprint density at radius 2 is 1.93 bits per heavy atom. The van der Waals surface area contributed by atoms with Crippen molar-refractivity contribution in [3.8, 4) is 0 Å². The standard InChI is InChI=1S/C19H16N2O6S/c1-11-5-7-13(10-15(11)21(23)24)28(25,26)20-12-6-8-17-14(9-12)19-16(22)3-2-4-18(19)27-17/h5-10,20H,2-4H2,1H3. The fraction of sp³-hybridized carbons (Fsp3) is 0.211. The highest BCUT2D eigenvalue weighted by atomic mass is 32.2. The summed E-state index contributed by atoms with van der Waals surface area (Å²) in [6, 6.07) is 8.42. The maximum Gasteiger partial charge on any atom is 0.273 e. The summed E-state index contributed by atoms with van der Waals surface area (Å²) in [6.45, 7) is 1.54. The number of benzene rings is 2. The molecule has 0 amide bonds. The van der Waals surface area contributed by atoms with Gasteiger partial charge in [-0.25, -0.2) is 8.42 Å². The zero-order valence-corrected chi connectivity index (χ0v) is 15.7. The van der Waals surface area contributed by atoms with E-state index >= 15 is 0 Å². The predicted molar refractivity (Wildman–Crippen MR) is 102 cm³/mol. The van der Waals surface area contributed by atoms with Crippen molar-refractivity contribution in [3.63, 3.8) is 0 Å². The Labute approximate surface area is 160 Å². The molecule has 28 heavy (non-hydrogen) atoms. The second kappa shape index (κ2) is 6.45. The maximum atomic E-state index is 12.7. The van der Waals surface area contributed by atoms with Gasteiger partial charge in [0.2, 0.25) is 0 Å². The molecule has 0 aliphatic heterocycles. The van der Waals surface area contributed by atoms with Gasteiger partial charge in [0.15, 0.2) is 5.78 Å². The summed E-state index contributed by atoms with van der Waals surface area (Å²) < 4.78 is 33.5. The lowest BCUT2D eigenvalue weighted by atomic mass is 9.94. The van der Waals surface area contributed by atoms with Gasteiger partial charge in [0.05, 0.1) is 15.4 Å². The summed E-state index contributed by atoms with van der Waals surface area (Å²) in [5.41, 5.74) is 1.38. The molecule has 0 saturated carbocycles. The van der Waals surface area contributed by atoms with Gasteiger partial charge in [-0.05, 0) is 37.6 Å². The number of ketones is 1. The third kappa shape index (κ3) is 3.03. The Bertz CT molecular complexity index is 1240. The molecule has 1 aliphatic rings. The fourth-order valence-corrected chi connectivity index (χ4v) is 4.46. The molecule has 0 unspecified atom stereocenters. The van der Waals surface area contributed by atoms with E-state index < -0.39 is 14.9 Å². The third-order valence-electron chi connectivity index (χ3n) is 4.79. The van der Waals surface area contributed by atoms with E-state index in [4.69, 9.17) is 4.42 Å². The third-order valence-corrected chi connectivity index (χ3v) is 6.17. The van der Waals surface area contributed by atoms with Crippen LogP contribution in [0.15, 0.2) is 45.7 Å². The number of nitrogens with one attached hydrogen (secondary N) is 1. The predicted octanol–water partition coefficient (Wildman–Crippen LogP) is 3.97. The van der Waals surface area contributed by atoms with Crippen LogP contribution in [0.25, 0.3) is 11.0 Å². The van der Waals surface area contributed by atoms with Crippen molar-refractivity contribution in [2.75, 3.05) is 4.72 Å². The van der Waals surface area contributed by atoms with Crippen LogP contribution in [-0.2, 0) is 16.4 Å². The number of nitro groups is 1. The van der Waals surface area contributed by atoms with E-state index in [1.165, 1.54) is 25.1 Å². The van der Waals surface area contributed by atoms with E-state index in [2.05, 4.69) is 4.72 Å². The number of furan rings is 1. The molecule has 144 valence electrons. The minimum Gasteiger partial charge on any atom is -0.460 e. The van der Waals surface area contributed by atoms with Crippen molar-refractivity contribution in [2.24, 2.45) is 0 Å². The Kier molecular flexibility index (Phi) is 4.19. The number of hydrogen-bond acceptors (Lipinski definition) is 6. The van der Waals surface area contributed by atoms with Crippen LogP contribution in [-0.4, -0.2) is 19.1 Å². The molecule has 1 heterocycles. The second-order valence-electron chi connectivity index (χ2n) is 6.70. The van der Waals surface area contributed by atoms with Crippen LogP contribution in [0.4, 0.5) is 11.4 Å². The number of Topliss-reactive ketones (excluding diaryl/α,β-unsaturated/α-hetero) is 1. The average molecular weight is 400 g/mol. The molecule has 1 aliphatic carbocycles. The van der Waals surface area contributed by atoms with Crippen molar-refractivity contribution in [3.05, 3.63) is 63.4 Å². The molecule has 0 atom stereocenters. The number of nitrogens with zero attached hydrogens (tertiary/aromatic N) is 1. The topological polar surface area (TPSA) is 120 Å². The van der Waals surface area contributed by atoms with Gasteiger partial charge in [-0.3, -0.25) is 19.6 Å². The van der Waals surface area contributed by atoms with Crippen LogP contribution in [0.5, 0.6) is 0 Å². The Hall–Kier alpha value is -3.20. The normalized spacial score (nSPS) is 14.1. The number of hydrogen-bond donors (Lipinski definition) is 1. The van der Waals surface area contributed by atoms with Crippen LogP contribution in [0.3, 0.4) is 0 Å². The highest BCUT2D eigenvalue weighted by Crippen LogP contribution is 2.34. The van der Waals surface area contributed by atoms with Crippen LogP contribution >= 0.6 is 0 Å². The lowest BCUT2D eigenvalue weighted by molar-refractivity contribution is -0.385. The fourth-order valence-electron chi connectivity index (χ4n) is 3.40. The van der Waals surface area contributed by atoms with E-state index in [9.17, 15) is 23.3 Å². The van der Waals surface area contributed by atoms with Crippen LogP contribution in [0.2, 0.25) is 0 Å². The van der Waals surface area contributed by atoms with Crippen molar-refractivity contribution in [1.82, 2.24) is 0 Å². The van der Waals surface area contributed by atoms with Crippen molar-refractivity contribution >= 4 is 38.2 Å². The summed E-state index contributed by atoms with van der Waals surface area (Å²) in [6.07, 6.45) is 1.84. The van der Waals surface area contributed by atoms with Crippen LogP contribution in [0, 0.1) is 17.0 Å². The Balaban J connectivity index is 1.73. The van der Waals surface area contributed by atoms with Gasteiger partial charge in [-0.15, -0.1) is 0 Å². The number of rotatable bonds is 4. The molecule has 1 aromatic heterocycles. The largest absolute Gasteiger partial charge is 0.460 e. The summed E-state index contributed by atoms with van der Waals surface area (Å²) in [4.78, 5) is 22.5. The van der Waals surface area contributed by atoms with Gasteiger partial charge >= 0.3 is 0 Å². The first-order valence-corrected chi connectivity index (χ1v) is 10.1. The number of anilines is 1. The van der Waals surface area contributed by atoms with Gasteiger partial charge in [-0.2, -0.15) is 0 Å². The molecule has 3 aromatic rings. The Morgan fingerprint density at radius 3 is 2.68 bits per heavy atom. The second-order valence-corrected chi connectivity index (χ2v) is 8.38. The van der Waals surface area contributed by atoms with Crippen LogP contribution < -0.4 is 4.72 Å². The Morgan fingerprint density at radius 1 is 1.14 bits per heavy atom. The quantitative estimate of drug-likeness (QED) is 0.523. The number of carbonyl (C=O) groups excluding carboxylic acids is 1. The van der Waals surface area contributed by atoms with E-state index in [1.807, 2.05) is 0 Å².